The number of rotatable bonds is 5. The predicted molar refractivity (Wildman–Crippen MR) is 56.0 cm³/mol. The summed E-state index contributed by atoms with van der Waals surface area (Å²) >= 11 is 0. The molecule has 2 rings (SSSR count). The summed E-state index contributed by atoms with van der Waals surface area (Å²) in [4.78, 5) is 15.4. The molecule has 5 heteroatoms. The van der Waals surface area contributed by atoms with E-state index in [1.807, 2.05) is 6.20 Å². The van der Waals surface area contributed by atoms with Gasteiger partial charge in [0, 0.05) is 50.5 Å². The van der Waals surface area contributed by atoms with Crippen molar-refractivity contribution in [2.75, 3.05) is 6.54 Å². The topological polar surface area (TPSA) is 66.5 Å². The lowest BCUT2D eigenvalue weighted by molar-refractivity contribution is 0.661. The van der Waals surface area contributed by atoms with Gasteiger partial charge in [-0.05, 0) is 0 Å². The molecule has 0 unspecified atom stereocenters. The van der Waals surface area contributed by atoms with E-state index >= 15 is 0 Å². The van der Waals surface area contributed by atoms with Crippen LogP contribution >= 0.6 is 0 Å². The average molecular weight is 203 g/mol. The molecule has 2 N–H and O–H groups in total. The number of imidazole rings is 1. The molecule has 0 aliphatic carbocycles. The normalized spacial score (nSPS) is 10.4. The van der Waals surface area contributed by atoms with E-state index in [1.54, 1.807) is 24.8 Å². The molecule has 0 aliphatic rings. The number of hydrogen-bond acceptors (Lipinski definition) is 4. The molecule has 0 fully saturated rings. The lowest BCUT2D eigenvalue weighted by Crippen LogP contribution is -2.17. The van der Waals surface area contributed by atoms with Crippen molar-refractivity contribution in [1.82, 2.24) is 25.3 Å². The van der Waals surface area contributed by atoms with E-state index in [9.17, 15) is 0 Å². The third-order valence-corrected chi connectivity index (χ3v) is 2.02. The Morgan fingerprint density at radius 1 is 1.20 bits per heavy atom. The SMILES string of the molecule is c1cnc(CNCCc2ncc[nH]2)cn1. The molecule has 0 saturated heterocycles. The zero-order valence-corrected chi connectivity index (χ0v) is 8.35. The van der Waals surface area contributed by atoms with Crippen LogP contribution in [-0.2, 0) is 13.0 Å². The Bertz CT molecular complexity index is 370. The maximum atomic E-state index is 4.16. The Morgan fingerprint density at radius 3 is 2.93 bits per heavy atom. The van der Waals surface area contributed by atoms with Crippen LogP contribution < -0.4 is 5.32 Å². The van der Waals surface area contributed by atoms with Crippen molar-refractivity contribution in [2.24, 2.45) is 0 Å². The summed E-state index contributed by atoms with van der Waals surface area (Å²) in [6.07, 6.45) is 9.62. The van der Waals surface area contributed by atoms with Gasteiger partial charge in [-0.1, -0.05) is 0 Å². The molecule has 5 nitrogen and oxygen atoms in total. The van der Waals surface area contributed by atoms with Gasteiger partial charge in [-0.2, -0.15) is 0 Å². The van der Waals surface area contributed by atoms with Crippen LogP contribution in [0, 0.1) is 0 Å². The standard InChI is InChI=1S/C10H13N5/c1(10-14-5-6-15-10)2-11-7-9-8-12-3-4-13-9/h3-6,8,11H,1-2,7H2,(H,14,15). The Kier molecular flexibility index (Phi) is 3.40. The first kappa shape index (κ1) is 9.79. The van der Waals surface area contributed by atoms with E-state index in [2.05, 4.69) is 25.3 Å². The maximum absolute atomic E-state index is 4.16. The summed E-state index contributed by atoms with van der Waals surface area (Å²) in [5.74, 6) is 1.00. The molecule has 0 aliphatic heterocycles. The van der Waals surface area contributed by atoms with Gasteiger partial charge in [0.2, 0.25) is 0 Å². The summed E-state index contributed by atoms with van der Waals surface area (Å²) in [5, 5.41) is 3.28. The first-order chi connectivity index (χ1) is 7.45. The monoisotopic (exact) mass is 203 g/mol. The second-order valence-electron chi connectivity index (χ2n) is 3.16. The van der Waals surface area contributed by atoms with Gasteiger partial charge in [0.1, 0.15) is 5.82 Å². The van der Waals surface area contributed by atoms with Gasteiger partial charge in [-0.3, -0.25) is 9.97 Å². The second-order valence-corrected chi connectivity index (χ2v) is 3.16. The van der Waals surface area contributed by atoms with Crippen LogP contribution in [0.15, 0.2) is 31.0 Å². The molecule has 0 bridgehead atoms. The van der Waals surface area contributed by atoms with E-state index in [4.69, 9.17) is 0 Å². The quantitative estimate of drug-likeness (QED) is 0.696. The molecule has 2 heterocycles. The van der Waals surface area contributed by atoms with Crippen LogP contribution in [0.2, 0.25) is 0 Å². The first-order valence-corrected chi connectivity index (χ1v) is 4.89. The number of nitrogens with one attached hydrogen (secondary N) is 2. The van der Waals surface area contributed by atoms with Crippen molar-refractivity contribution in [1.29, 1.82) is 0 Å². The Hall–Kier alpha value is -1.75. The van der Waals surface area contributed by atoms with E-state index in [1.165, 1.54) is 0 Å². The fourth-order valence-corrected chi connectivity index (χ4v) is 1.28. The van der Waals surface area contributed by atoms with Crippen molar-refractivity contribution in [3.63, 3.8) is 0 Å². The third-order valence-electron chi connectivity index (χ3n) is 2.02. The smallest absolute Gasteiger partial charge is 0.107 e. The number of hydrogen-bond donors (Lipinski definition) is 2. The number of H-pyrrole nitrogens is 1. The highest BCUT2D eigenvalue weighted by atomic mass is 14.9. The van der Waals surface area contributed by atoms with Gasteiger partial charge < -0.3 is 10.3 Å². The van der Waals surface area contributed by atoms with Crippen molar-refractivity contribution in [3.8, 4) is 0 Å². The maximum Gasteiger partial charge on any atom is 0.107 e. The summed E-state index contributed by atoms with van der Waals surface area (Å²) in [6, 6.07) is 0. The second kappa shape index (κ2) is 5.21. The highest BCUT2D eigenvalue weighted by Crippen LogP contribution is 1.91. The summed E-state index contributed by atoms with van der Waals surface area (Å²) in [6.45, 7) is 1.62. The Balaban J connectivity index is 1.68. The van der Waals surface area contributed by atoms with Gasteiger partial charge in [0.15, 0.2) is 0 Å². The van der Waals surface area contributed by atoms with Crippen LogP contribution in [-0.4, -0.2) is 26.5 Å². The predicted octanol–water partition coefficient (Wildman–Crippen LogP) is 0.532. The molecule has 78 valence electrons. The van der Waals surface area contributed by atoms with Gasteiger partial charge in [-0.25, -0.2) is 4.98 Å². The molecule has 0 aromatic carbocycles. The molecule has 2 aromatic rings. The van der Waals surface area contributed by atoms with E-state index in [0.717, 1.165) is 31.0 Å². The minimum absolute atomic E-state index is 0.745. The molecule has 0 saturated carbocycles. The molecular formula is C10H13N5. The van der Waals surface area contributed by atoms with Crippen molar-refractivity contribution >= 4 is 0 Å². The van der Waals surface area contributed by atoms with Crippen LogP contribution in [0.1, 0.15) is 11.5 Å². The molecule has 0 atom stereocenters. The molecule has 0 spiro atoms. The summed E-state index contributed by atoms with van der Waals surface area (Å²) in [5.41, 5.74) is 0.956. The van der Waals surface area contributed by atoms with Crippen LogP contribution in [0.3, 0.4) is 0 Å². The summed E-state index contributed by atoms with van der Waals surface area (Å²) < 4.78 is 0. The van der Waals surface area contributed by atoms with Crippen LogP contribution in [0.25, 0.3) is 0 Å². The van der Waals surface area contributed by atoms with E-state index in [-0.39, 0.29) is 0 Å². The van der Waals surface area contributed by atoms with E-state index in [0.29, 0.717) is 0 Å². The van der Waals surface area contributed by atoms with Gasteiger partial charge in [0.05, 0.1) is 5.69 Å². The van der Waals surface area contributed by atoms with Gasteiger partial charge in [-0.15, -0.1) is 0 Å². The van der Waals surface area contributed by atoms with Crippen LogP contribution in [0.5, 0.6) is 0 Å². The van der Waals surface area contributed by atoms with Crippen molar-refractivity contribution < 1.29 is 0 Å². The fourth-order valence-electron chi connectivity index (χ4n) is 1.28. The minimum atomic E-state index is 0.745. The molecule has 2 aromatic heterocycles. The summed E-state index contributed by atoms with van der Waals surface area (Å²) in [7, 11) is 0. The Morgan fingerprint density at radius 2 is 2.20 bits per heavy atom. The number of aromatic amines is 1. The van der Waals surface area contributed by atoms with Crippen molar-refractivity contribution in [2.45, 2.75) is 13.0 Å². The van der Waals surface area contributed by atoms with Gasteiger partial charge in [0.25, 0.3) is 0 Å². The molecule has 0 radical (unpaired) electrons. The molecular weight excluding hydrogens is 190 g/mol. The molecule has 0 amide bonds. The molecule has 15 heavy (non-hydrogen) atoms. The Labute approximate surface area is 88.0 Å². The number of nitrogens with zero attached hydrogens (tertiary/aromatic N) is 3. The number of aromatic nitrogens is 4. The first-order valence-electron chi connectivity index (χ1n) is 4.89. The average Bonchev–Trinajstić information content (AvgIpc) is 2.79. The highest BCUT2D eigenvalue weighted by molar-refractivity contribution is 4.94. The van der Waals surface area contributed by atoms with E-state index < -0.39 is 0 Å². The zero-order valence-electron chi connectivity index (χ0n) is 8.35. The lowest BCUT2D eigenvalue weighted by atomic mass is 10.4. The van der Waals surface area contributed by atoms with Gasteiger partial charge >= 0.3 is 0 Å². The third kappa shape index (κ3) is 3.14. The highest BCUT2D eigenvalue weighted by Gasteiger charge is 1.95. The lowest BCUT2D eigenvalue weighted by Gasteiger charge is -2.01. The van der Waals surface area contributed by atoms with Crippen molar-refractivity contribution in [3.05, 3.63) is 42.5 Å². The van der Waals surface area contributed by atoms with Crippen LogP contribution in [0.4, 0.5) is 0 Å². The zero-order chi connectivity index (χ0) is 10.3. The minimum Gasteiger partial charge on any atom is -0.349 e. The fraction of sp³-hybridized carbons (Fsp3) is 0.300. The largest absolute Gasteiger partial charge is 0.349 e.